The average Bonchev–Trinajstić information content (AvgIpc) is 2.08. The van der Waals surface area contributed by atoms with E-state index in [0.717, 1.165) is 0 Å². The van der Waals surface area contributed by atoms with Gasteiger partial charge >= 0.3 is 0 Å². The first kappa shape index (κ1) is 10.6. The van der Waals surface area contributed by atoms with Gasteiger partial charge in [-0.1, -0.05) is 13.8 Å². The van der Waals surface area contributed by atoms with Crippen molar-refractivity contribution in [2.45, 2.75) is 20.8 Å². The molecule has 0 aliphatic rings. The van der Waals surface area contributed by atoms with Crippen LogP contribution in [0.4, 0.5) is 5.69 Å². The quantitative estimate of drug-likeness (QED) is 0.626. The van der Waals surface area contributed by atoms with Gasteiger partial charge in [0, 0.05) is 6.20 Å². The van der Waals surface area contributed by atoms with Crippen molar-refractivity contribution in [2.75, 3.05) is 5.73 Å². The molecule has 1 aromatic rings. The topological polar surface area (TPSA) is 62.8 Å². The van der Waals surface area contributed by atoms with Crippen molar-refractivity contribution in [1.82, 2.24) is 4.98 Å². The maximum atomic E-state index is 7.23. The zero-order chi connectivity index (χ0) is 9.56. The van der Waals surface area contributed by atoms with E-state index >= 15 is 0 Å². The fraction of sp³-hybridized carbons (Fsp3) is 0.333. The summed E-state index contributed by atoms with van der Waals surface area (Å²) in [5.41, 5.74) is 7.06. The van der Waals surface area contributed by atoms with Gasteiger partial charge in [-0.05, 0) is 19.1 Å². The molecule has 0 saturated heterocycles. The normalized spacial score (nSPS) is 8.25. The van der Waals surface area contributed by atoms with Crippen molar-refractivity contribution in [1.29, 1.82) is 5.41 Å². The lowest BCUT2D eigenvalue weighted by molar-refractivity contribution is 1.27. The van der Waals surface area contributed by atoms with E-state index in [0.29, 0.717) is 17.1 Å². The third-order valence-corrected chi connectivity index (χ3v) is 1.19. The van der Waals surface area contributed by atoms with Crippen molar-refractivity contribution in [3.8, 4) is 0 Å². The van der Waals surface area contributed by atoms with Crippen LogP contribution in [0, 0.1) is 5.41 Å². The molecule has 0 radical (unpaired) electrons. The summed E-state index contributed by atoms with van der Waals surface area (Å²) in [7, 11) is 0. The maximum Gasteiger partial charge on any atom is 0.106 e. The van der Waals surface area contributed by atoms with Gasteiger partial charge in [-0.25, -0.2) is 0 Å². The van der Waals surface area contributed by atoms with Crippen molar-refractivity contribution in [2.24, 2.45) is 0 Å². The molecular weight excluding hydrogens is 150 g/mol. The molecule has 1 rings (SSSR count). The van der Waals surface area contributed by atoms with Crippen molar-refractivity contribution < 1.29 is 0 Å². The largest absolute Gasteiger partial charge is 0.397 e. The molecule has 0 fully saturated rings. The summed E-state index contributed by atoms with van der Waals surface area (Å²) in [5.74, 6) is 0. The Labute approximate surface area is 73.1 Å². The van der Waals surface area contributed by atoms with Crippen molar-refractivity contribution >= 4 is 11.4 Å². The maximum absolute atomic E-state index is 7.23. The first-order valence-electron chi connectivity index (χ1n) is 3.98. The molecule has 0 amide bonds. The summed E-state index contributed by atoms with van der Waals surface area (Å²) < 4.78 is 0. The fourth-order valence-corrected chi connectivity index (χ4v) is 0.731. The van der Waals surface area contributed by atoms with E-state index in [4.69, 9.17) is 11.1 Å². The number of nitrogens with two attached hydrogens (primary N) is 1. The lowest BCUT2D eigenvalue weighted by Gasteiger charge is -1.99. The van der Waals surface area contributed by atoms with Gasteiger partial charge in [0.25, 0.3) is 0 Å². The van der Waals surface area contributed by atoms with Crippen LogP contribution in [0.3, 0.4) is 0 Å². The van der Waals surface area contributed by atoms with Crippen LogP contribution in [-0.2, 0) is 0 Å². The lowest BCUT2D eigenvalue weighted by atomic mass is 10.2. The number of aromatic nitrogens is 1. The fourth-order valence-electron chi connectivity index (χ4n) is 0.731. The average molecular weight is 165 g/mol. The minimum absolute atomic E-state index is 0.401. The molecule has 0 unspecified atom stereocenters. The molecule has 0 aliphatic carbocycles. The van der Waals surface area contributed by atoms with Crippen LogP contribution < -0.4 is 5.73 Å². The van der Waals surface area contributed by atoms with Gasteiger partial charge in [0.2, 0.25) is 0 Å². The predicted octanol–water partition coefficient (Wildman–Crippen LogP) is 2.08. The van der Waals surface area contributed by atoms with E-state index in [-0.39, 0.29) is 0 Å². The van der Waals surface area contributed by atoms with Crippen LogP contribution in [-0.4, -0.2) is 10.7 Å². The second-order valence-electron chi connectivity index (χ2n) is 2.07. The molecule has 0 spiro atoms. The van der Waals surface area contributed by atoms with Crippen molar-refractivity contribution in [3.05, 3.63) is 24.0 Å². The molecule has 0 aromatic carbocycles. The van der Waals surface area contributed by atoms with Crippen LogP contribution in [0.2, 0.25) is 0 Å². The Morgan fingerprint density at radius 3 is 2.42 bits per heavy atom. The third-order valence-electron chi connectivity index (χ3n) is 1.19. The van der Waals surface area contributed by atoms with Gasteiger partial charge in [0.15, 0.2) is 0 Å². The van der Waals surface area contributed by atoms with Crippen LogP contribution >= 0.6 is 0 Å². The molecule has 12 heavy (non-hydrogen) atoms. The second kappa shape index (κ2) is 5.29. The number of nitrogen functional groups attached to an aromatic ring is 1. The molecule has 0 aliphatic heterocycles. The van der Waals surface area contributed by atoms with E-state index in [2.05, 4.69) is 4.98 Å². The second-order valence-corrected chi connectivity index (χ2v) is 2.07. The van der Waals surface area contributed by atoms with Crippen LogP contribution in [0.15, 0.2) is 18.3 Å². The summed E-state index contributed by atoms with van der Waals surface area (Å²) in [4.78, 5) is 3.93. The SMILES string of the molecule is CC.CC(=N)c1ncccc1N. The minimum Gasteiger partial charge on any atom is -0.397 e. The predicted molar refractivity (Wildman–Crippen MR) is 52.5 cm³/mol. The standard InChI is InChI=1S/C7H9N3.C2H6/c1-5(8)7-6(9)3-2-4-10-7;1-2/h2-4,8H,9H2,1H3;1-2H3. The number of hydrogen-bond acceptors (Lipinski definition) is 3. The molecule has 3 N–H and O–H groups in total. The number of hydrogen-bond donors (Lipinski definition) is 2. The minimum atomic E-state index is 0.401. The van der Waals surface area contributed by atoms with Gasteiger partial charge in [-0.2, -0.15) is 0 Å². The number of nitrogens with one attached hydrogen (secondary N) is 1. The van der Waals surface area contributed by atoms with E-state index in [1.807, 2.05) is 13.8 Å². The first-order valence-corrected chi connectivity index (χ1v) is 3.98. The van der Waals surface area contributed by atoms with E-state index < -0.39 is 0 Å². The molecule has 3 heteroatoms. The van der Waals surface area contributed by atoms with Crippen LogP contribution in [0.1, 0.15) is 26.5 Å². The number of nitrogens with zero attached hydrogens (tertiary/aromatic N) is 1. The summed E-state index contributed by atoms with van der Waals surface area (Å²) in [6.07, 6.45) is 1.63. The molecule has 0 saturated carbocycles. The summed E-state index contributed by atoms with van der Waals surface area (Å²) in [6, 6.07) is 3.49. The lowest BCUT2D eigenvalue weighted by Crippen LogP contribution is -2.01. The highest BCUT2D eigenvalue weighted by atomic mass is 14.7. The van der Waals surface area contributed by atoms with Crippen LogP contribution in [0.5, 0.6) is 0 Å². The van der Waals surface area contributed by atoms with Gasteiger partial charge in [-0.15, -0.1) is 0 Å². The van der Waals surface area contributed by atoms with Crippen LogP contribution in [0.25, 0.3) is 0 Å². The van der Waals surface area contributed by atoms with Crippen molar-refractivity contribution in [3.63, 3.8) is 0 Å². The highest BCUT2D eigenvalue weighted by Crippen LogP contribution is 2.06. The Morgan fingerprint density at radius 1 is 1.50 bits per heavy atom. The molecule has 66 valence electrons. The van der Waals surface area contributed by atoms with E-state index in [9.17, 15) is 0 Å². The highest BCUT2D eigenvalue weighted by Gasteiger charge is 1.98. The molecular formula is C9H15N3. The van der Waals surface area contributed by atoms with E-state index in [1.54, 1.807) is 25.3 Å². The summed E-state index contributed by atoms with van der Waals surface area (Å²) >= 11 is 0. The van der Waals surface area contributed by atoms with Gasteiger partial charge in [0.05, 0.1) is 11.4 Å². The Morgan fingerprint density at radius 2 is 2.08 bits per heavy atom. The first-order chi connectivity index (χ1) is 5.72. The molecule has 1 heterocycles. The van der Waals surface area contributed by atoms with Gasteiger partial charge in [0.1, 0.15) is 5.69 Å². The number of rotatable bonds is 1. The monoisotopic (exact) mass is 165 g/mol. The highest BCUT2D eigenvalue weighted by molar-refractivity contribution is 5.98. The zero-order valence-electron chi connectivity index (χ0n) is 7.76. The summed E-state index contributed by atoms with van der Waals surface area (Å²) in [6.45, 7) is 5.67. The smallest absolute Gasteiger partial charge is 0.106 e. The van der Waals surface area contributed by atoms with Gasteiger partial charge < -0.3 is 11.1 Å². The molecule has 0 atom stereocenters. The molecule has 1 aromatic heterocycles. The molecule has 3 nitrogen and oxygen atoms in total. The Kier molecular flexibility index (Phi) is 4.69. The third kappa shape index (κ3) is 2.70. The Balaban J connectivity index is 0.000000561. The number of pyridine rings is 1. The molecule has 0 bridgehead atoms. The number of anilines is 1. The van der Waals surface area contributed by atoms with Gasteiger partial charge in [-0.3, -0.25) is 4.98 Å². The van der Waals surface area contributed by atoms with E-state index in [1.165, 1.54) is 0 Å². The Bertz CT molecular complexity index is 256. The Hall–Kier alpha value is -1.38. The summed E-state index contributed by atoms with van der Waals surface area (Å²) in [5, 5.41) is 7.23. The zero-order valence-corrected chi connectivity index (χ0v) is 7.76.